The summed E-state index contributed by atoms with van der Waals surface area (Å²) in [5.41, 5.74) is 0. The van der Waals surface area contributed by atoms with E-state index in [0.717, 1.165) is 4.73 Å². The van der Waals surface area contributed by atoms with Crippen LogP contribution in [0, 0.1) is 0 Å². The van der Waals surface area contributed by atoms with Gasteiger partial charge in [-0.1, -0.05) is 23.2 Å². The smallest absolute Gasteiger partial charge is 0.285 e. The van der Waals surface area contributed by atoms with Crippen molar-refractivity contribution < 1.29 is 39.5 Å². The molecule has 0 spiro atoms. The van der Waals surface area contributed by atoms with E-state index in [-0.39, 0.29) is 29.6 Å². The Morgan fingerprint density at radius 1 is 1.27 bits per heavy atom. The summed E-state index contributed by atoms with van der Waals surface area (Å²) in [4.78, 5) is 0.466. The predicted octanol–water partition coefficient (Wildman–Crippen LogP) is -1.19. The van der Waals surface area contributed by atoms with E-state index in [1.165, 1.54) is 12.4 Å². The Morgan fingerprint density at radius 3 is 2.00 bits per heavy atom. The quantitative estimate of drug-likeness (QED) is 0.244. The molecule has 0 aliphatic rings. The molecule has 54 valence electrons. The Kier molecular flexibility index (Phi) is 5.18. The number of nitrogens with zero attached hydrogens (tertiary/aromatic N) is 1. The van der Waals surface area contributed by atoms with Crippen LogP contribution in [0.3, 0.4) is 0 Å². The van der Waals surface area contributed by atoms with Gasteiger partial charge in [0.2, 0.25) is 12.4 Å². The summed E-state index contributed by atoms with van der Waals surface area (Å²) in [6.07, 6.45) is 2.60. The number of rotatable bonds is 0. The van der Waals surface area contributed by atoms with Gasteiger partial charge in [-0.15, -0.1) is 12.6 Å². The van der Waals surface area contributed by atoms with Crippen LogP contribution in [-0.2, 0) is 0 Å². The number of pyridine rings is 1. The number of aromatic nitrogens is 1. The number of hydrogen-bond donors (Lipinski definition) is 2. The van der Waals surface area contributed by atoms with E-state index in [2.05, 4.69) is 12.6 Å². The Balaban J connectivity index is 0.000001000. The summed E-state index contributed by atoms with van der Waals surface area (Å²) in [7, 11) is 0. The molecule has 0 aliphatic heterocycles. The van der Waals surface area contributed by atoms with E-state index in [1.807, 2.05) is 0 Å². The molecule has 0 radical (unpaired) electrons. The molecule has 0 saturated heterocycles. The van der Waals surface area contributed by atoms with Crippen molar-refractivity contribution >= 4 is 35.8 Å². The van der Waals surface area contributed by atoms with Crippen LogP contribution in [0.15, 0.2) is 17.3 Å². The zero-order valence-corrected chi connectivity index (χ0v) is 10.2. The first kappa shape index (κ1) is 11.9. The molecule has 0 amide bonds. The van der Waals surface area contributed by atoms with Crippen LogP contribution in [0.2, 0.25) is 10.0 Å². The molecular formula is C5H4Cl2NNaOS+2. The van der Waals surface area contributed by atoms with Crippen molar-refractivity contribution in [1.29, 1.82) is 0 Å². The van der Waals surface area contributed by atoms with Crippen LogP contribution >= 0.6 is 35.8 Å². The summed E-state index contributed by atoms with van der Waals surface area (Å²) in [5, 5.41) is 9.47. The van der Waals surface area contributed by atoms with Crippen LogP contribution in [0.25, 0.3) is 0 Å². The molecule has 2 nitrogen and oxygen atoms in total. The second-order valence-electron chi connectivity index (χ2n) is 1.68. The van der Waals surface area contributed by atoms with Gasteiger partial charge in [-0.05, 0) is 0 Å². The molecular weight excluding hydrogens is 216 g/mol. The minimum Gasteiger partial charge on any atom is -0.285 e. The van der Waals surface area contributed by atoms with E-state index < -0.39 is 0 Å². The maximum atomic E-state index is 8.83. The third kappa shape index (κ3) is 3.01. The van der Waals surface area contributed by atoms with Crippen LogP contribution < -0.4 is 34.3 Å². The zero-order valence-electron chi connectivity index (χ0n) is 5.75. The van der Waals surface area contributed by atoms with Crippen molar-refractivity contribution in [2.24, 2.45) is 0 Å². The Hall–Kier alpha value is 0.880. The molecule has 1 aromatic heterocycles. The van der Waals surface area contributed by atoms with Crippen molar-refractivity contribution in [3.8, 4) is 0 Å². The number of hydrogen-bond acceptors (Lipinski definition) is 2. The van der Waals surface area contributed by atoms with E-state index in [1.54, 1.807) is 0 Å². The maximum Gasteiger partial charge on any atom is 1.00 e. The van der Waals surface area contributed by atoms with Crippen LogP contribution in [0.4, 0.5) is 0 Å². The largest absolute Gasteiger partial charge is 1.00 e. The zero-order chi connectivity index (χ0) is 7.72. The van der Waals surface area contributed by atoms with Gasteiger partial charge in [-0.3, -0.25) is 5.21 Å². The predicted molar refractivity (Wildman–Crippen MR) is 41.1 cm³/mol. The van der Waals surface area contributed by atoms with Gasteiger partial charge >= 0.3 is 29.6 Å². The van der Waals surface area contributed by atoms with Gasteiger partial charge in [0.25, 0.3) is 0 Å². The molecule has 1 aromatic rings. The third-order valence-electron chi connectivity index (χ3n) is 0.944. The fourth-order valence-corrected chi connectivity index (χ4v) is 1.07. The van der Waals surface area contributed by atoms with Gasteiger partial charge in [0.1, 0.15) is 10.0 Å². The first-order valence-electron chi connectivity index (χ1n) is 2.40. The van der Waals surface area contributed by atoms with Gasteiger partial charge in [0, 0.05) is 4.73 Å². The number of thiol groups is 1. The third-order valence-corrected chi connectivity index (χ3v) is 2.26. The van der Waals surface area contributed by atoms with E-state index >= 15 is 0 Å². The molecule has 0 aromatic carbocycles. The minimum atomic E-state index is 0. The summed E-state index contributed by atoms with van der Waals surface area (Å²) < 4.78 is 0.782. The van der Waals surface area contributed by atoms with Crippen molar-refractivity contribution in [2.45, 2.75) is 4.90 Å². The van der Waals surface area contributed by atoms with Gasteiger partial charge < -0.3 is 0 Å². The molecule has 0 atom stereocenters. The van der Waals surface area contributed by atoms with E-state index in [4.69, 9.17) is 28.4 Å². The Morgan fingerprint density at radius 2 is 1.64 bits per heavy atom. The molecule has 0 aliphatic carbocycles. The second-order valence-corrected chi connectivity index (χ2v) is 2.94. The second kappa shape index (κ2) is 4.80. The molecule has 1 rings (SSSR count). The SMILES string of the molecule is O[n+]1cc(Cl)c(S)c(Cl)c1.[Na+]. The van der Waals surface area contributed by atoms with Crippen molar-refractivity contribution in [1.82, 2.24) is 0 Å². The summed E-state index contributed by atoms with van der Waals surface area (Å²) in [6.45, 7) is 0. The molecule has 0 fully saturated rings. The van der Waals surface area contributed by atoms with E-state index in [0.29, 0.717) is 14.9 Å². The molecule has 1 N–H and O–H groups in total. The van der Waals surface area contributed by atoms with Crippen molar-refractivity contribution in [3.05, 3.63) is 22.4 Å². The van der Waals surface area contributed by atoms with Crippen LogP contribution in [0.5, 0.6) is 0 Å². The Labute approximate surface area is 102 Å². The maximum absolute atomic E-state index is 8.83. The standard InChI is InChI=1S/C5H3Cl2NOS.Na/c6-3-1-8(9)2-4(7)5(3)10;/h1-2,9H;/q;+1/p+1. The minimum absolute atomic E-state index is 0. The Bertz CT molecular complexity index is 248. The van der Waals surface area contributed by atoms with Gasteiger partial charge in [0.15, 0.2) is 0 Å². The van der Waals surface area contributed by atoms with E-state index in [9.17, 15) is 0 Å². The summed E-state index contributed by atoms with van der Waals surface area (Å²) >= 11 is 15.1. The molecule has 0 unspecified atom stereocenters. The summed E-state index contributed by atoms with van der Waals surface area (Å²) in [6, 6.07) is 0. The topological polar surface area (TPSA) is 24.1 Å². The van der Waals surface area contributed by atoms with Gasteiger partial charge in [0.05, 0.1) is 4.90 Å². The normalized spacial score (nSPS) is 9.00. The average Bonchev–Trinajstić information content (AvgIpc) is 1.82. The van der Waals surface area contributed by atoms with Crippen LogP contribution in [-0.4, -0.2) is 5.21 Å². The monoisotopic (exact) mass is 219 g/mol. The molecule has 0 saturated carbocycles. The van der Waals surface area contributed by atoms with Crippen LogP contribution in [0.1, 0.15) is 0 Å². The molecule has 1 heterocycles. The average molecular weight is 220 g/mol. The first-order chi connectivity index (χ1) is 4.61. The van der Waals surface area contributed by atoms with Crippen molar-refractivity contribution in [2.75, 3.05) is 0 Å². The fraction of sp³-hybridized carbons (Fsp3) is 0. The fourth-order valence-electron chi connectivity index (χ4n) is 0.506. The molecule has 11 heavy (non-hydrogen) atoms. The number of halogens is 2. The van der Waals surface area contributed by atoms with Crippen molar-refractivity contribution in [3.63, 3.8) is 0 Å². The molecule has 0 bridgehead atoms. The van der Waals surface area contributed by atoms with Gasteiger partial charge in [-0.25, -0.2) is 0 Å². The summed E-state index contributed by atoms with van der Waals surface area (Å²) in [5.74, 6) is 0. The van der Waals surface area contributed by atoms with Gasteiger partial charge in [-0.2, -0.15) is 0 Å². The molecule has 6 heteroatoms. The first-order valence-corrected chi connectivity index (χ1v) is 3.60.